The molecule has 1 heterocycles. The Labute approximate surface area is 145 Å². The third kappa shape index (κ3) is 2.80. The van der Waals surface area contributed by atoms with E-state index in [4.69, 9.17) is 0 Å². The van der Waals surface area contributed by atoms with E-state index in [2.05, 4.69) is 15.2 Å². The van der Waals surface area contributed by atoms with E-state index in [1.54, 1.807) is 11.8 Å². The van der Waals surface area contributed by atoms with Crippen LogP contribution in [0.25, 0.3) is 10.8 Å². The average molecular weight is 328 g/mol. The number of rotatable bonds is 3. The fourth-order valence-corrected chi connectivity index (χ4v) is 2.99. The molecule has 0 aromatic heterocycles. The minimum Gasteiger partial charge on any atom is -0.297 e. The number of aliphatic imine (C=N–C) groups is 1. The normalized spacial score (nSPS) is 17.5. The molecule has 3 aromatic carbocycles. The van der Waals surface area contributed by atoms with Gasteiger partial charge in [-0.2, -0.15) is 15.2 Å². The van der Waals surface area contributed by atoms with Crippen LogP contribution in [0, 0.1) is 0 Å². The first-order valence-electron chi connectivity index (χ1n) is 8.06. The first-order valence-corrected chi connectivity index (χ1v) is 8.06. The highest BCUT2D eigenvalue weighted by atomic mass is 16.2. The Morgan fingerprint density at radius 3 is 2.48 bits per heavy atom. The second kappa shape index (κ2) is 6.28. The molecule has 25 heavy (non-hydrogen) atoms. The maximum atomic E-state index is 12.3. The topological polar surface area (TPSA) is 57.4 Å². The molecule has 0 N–H and O–H groups in total. The number of hydrogen-bond donors (Lipinski definition) is 0. The number of nitrogens with zero attached hydrogens (tertiary/aromatic N) is 4. The Bertz CT molecular complexity index is 990. The van der Waals surface area contributed by atoms with Crippen LogP contribution in [0.3, 0.4) is 0 Å². The molecule has 0 radical (unpaired) electrons. The summed E-state index contributed by atoms with van der Waals surface area (Å²) in [5, 5.41) is 10.8. The SMILES string of the molecule is CC1=NC(=O)[C@H](N=Nc2cccc3ccccc23)N1c1ccccc1. The molecule has 0 saturated carbocycles. The molecule has 0 fully saturated rings. The number of hydrogen-bond acceptors (Lipinski definition) is 4. The Hall–Kier alpha value is -3.34. The largest absolute Gasteiger partial charge is 0.297 e. The first kappa shape index (κ1) is 15.2. The number of benzene rings is 3. The van der Waals surface area contributed by atoms with E-state index in [1.165, 1.54) is 0 Å². The van der Waals surface area contributed by atoms with Crippen molar-refractivity contribution in [3.8, 4) is 0 Å². The Morgan fingerprint density at radius 2 is 1.64 bits per heavy atom. The quantitative estimate of drug-likeness (QED) is 0.653. The third-order valence-corrected chi connectivity index (χ3v) is 4.16. The van der Waals surface area contributed by atoms with Gasteiger partial charge in [0.2, 0.25) is 6.17 Å². The van der Waals surface area contributed by atoms with E-state index in [-0.39, 0.29) is 5.91 Å². The highest BCUT2D eigenvalue weighted by Crippen LogP contribution is 2.28. The zero-order valence-electron chi connectivity index (χ0n) is 13.7. The first-order chi connectivity index (χ1) is 12.2. The second-order valence-electron chi connectivity index (χ2n) is 5.79. The zero-order valence-corrected chi connectivity index (χ0v) is 13.7. The molecule has 122 valence electrons. The standard InChI is InChI=1S/C20H16N4O/c1-14-21-20(25)19(24(14)16-10-3-2-4-11-16)23-22-18-13-7-9-15-8-5-6-12-17(15)18/h2-13,19H,1H3/t19-/m1/s1. The van der Waals surface area contributed by atoms with Crippen LogP contribution < -0.4 is 4.90 Å². The molecule has 0 spiro atoms. The van der Waals surface area contributed by atoms with Gasteiger partial charge in [0.25, 0.3) is 5.91 Å². The molecule has 1 atom stereocenters. The van der Waals surface area contributed by atoms with Gasteiger partial charge in [-0.05, 0) is 30.5 Å². The summed E-state index contributed by atoms with van der Waals surface area (Å²) in [6, 6.07) is 23.5. The molecule has 4 rings (SSSR count). The van der Waals surface area contributed by atoms with Crippen LogP contribution in [0.15, 0.2) is 88.0 Å². The van der Waals surface area contributed by atoms with Crippen LogP contribution in [0.2, 0.25) is 0 Å². The summed E-state index contributed by atoms with van der Waals surface area (Å²) in [4.78, 5) is 18.1. The minimum atomic E-state index is -0.763. The summed E-state index contributed by atoms with van der Waals surface area (Å²) in [5.41, 5.74) is 1.61. The fraction of sp³-hybridized carbons (Fsp3) is 0.100. The average Bonchev–Trinajstić information content (AvgIpc) is 2.94. The fourth-order valence-electron chi connectivity index (χ4n) is 2.99. The van der Waals surface area contributed by atoms with Crippen molar-refractivity contribution in [2.24, 2.45) is 15.2 Å². The highest BCUT2D eigenvalue weighted by molar-refractivity contribution is 6.13. The molecular weight excluding hydrogens is 312 g/mol. The van der Waals surface area contributed by atoms with Crippen molar-refractivity contribution in [2.45, 2.75) is 13.1 Å². The van der Waals surface area contributed by atoms with Gasteiger partial charge in [-0.1, -0.05) is 54.6 Å². The second-order valence-corrected chi connectivity index (χ2v) is 5.79. The smallest absolute Gasteiger partial charge is 0.295 e. The number of amidine groups is 1. The number of anilines is 1. The molecule has 0 aliphatic carbocycles. The van der Waals surface area contributed by atoms with Gasteiger partial charge in [0.15, 0.2) is 0 Å². The van der Waals surface area contributed by atoms with Gasteiger partial charge in [-0.25, -0.2) is 0 Å². The summed E-state index contributed by atoms with van der Waals surface area (Å²) in [5.74, 6) is 0.323. The molecule has 1 aliphatic rings. The Balaban J connectivity index is 1.71. The van der Waals surface area contributed by atoms with Crippen molar-refractivity contribution in [3.05, 3.63) is 72.8 Å². The predicted octanol–water partition coefficient (Wildman–Crippen LogP) is 4.71. The lowest BCUT2D eigenvalue weighted by Crippen LogP contribution is -2.35. The number of para-hydroxylation sites is 1. The summed E-state index contributed by atoms with van der Waals surface area (Å²) in [6.45, 7) is 1.80. The van der Waals surface area contributed by atoms with Crippen LogP contribution in [-0.4, -0.2) is 17.9 Å². The van der Waals surface area contributed by atoms with Crippen LogP contribution in [-0.2, 0) is 4.79 Å². The summed E-state index contributed by atoms with van der Waals surface area (Å²) in [6.07, 6.45) is -0.763. The molecule has 5 nitrogen and oxygen atoms in total. The van der Waals surface area contributed by atoms with Gasteiger partial charge in [-0.3, -0.25) is 9.69 Å². The van der Waals surface area contributed by atoms with Crippen molar-refractivity contribution in [3.63, 3.8) is 0 Å². The molecule has 0 bridgehead atoms. The minimum absolute atomic E-state index is 0.301. The molecule has 1 amide bonds. The number of amides is 1. The van der Waals surface area contributed by atoms with Crippen molar-refractivity contribution in [1.82, 2.24) is 0 Å². The molecular formula is C20H16N4O. The lowest BCUT2D eigenvalue weighted by Gasteiger charge is -2.21. The van der Waals surface area contributed by atoms with Gasteiger partial charge < -0.3 is 0 Å². The van der Waals surface area contributed by atoms with E-state index in [0.717, 1.165) is 22.1 Å². The molecule has 0 unspecified atom stereocenters. The highest BCUT2D eigenvalue weighted by Gasteiger charge is 2.34. The van der Waals surface area contributed by atoms with Crippen molar-refractivity contribution >= 4 is 33.9 Å². The van der Waals surface area contributed by atoms with E-state index in [0.29, 0.717) is 5.84 Å². The predicted molar refractivity (Wildman–Crippen MR) is 99.3 cm³/mol. The maximum absolute atomic E-state index is 12.3. The van der Waals surface area contributed by atoms with Crippen LogP contribution in [0.5, 0.6) is 0 Å². The monoisotopic (exact) mass is 328 g/mol. The van der Waals surface area contributed by atoms with E-state index in [9.17, 15) is 4.79 Å². The van der Waals surface area contributed by atoms with Crippen molar-refractivity contribution < 1.29 is 4.79 Å². The van der Waals surface area contributed by atoms with Crippen LogP contribution in [0.1, 0.15) is 6.92 Å². The van der Waals surface area contributed by atoms with E-state index < -0.39 is 6.17 Å². The number of fused-ring (bicyclic) bond motifs is 1. The lowest BCUT2D eigenvalue weighted by molar-refractivity contribution is -0.118. The third-order valence-electron chi connectivity index (χ3n) is 4.16. The summed E-state index contributed by atoms with van der Waals surface area (Å²) in [7, 11) is 0. The van der Waals surface area contributed by atoms with Gasteiger partial charge in [0.1, 0.15) is 5.84 Å². The number of azo groups is 1. The number of carbonyl (C=O) groups excluding carboxylic acids is 1. The Morgan fingerprint density at radius 1 is 0.920 bits per heavy atom. The van der Waals surface area contributed by atoms with Crippen LogP contribution >= 0.6 is 0 Å². The molecule has 5 heteroatoms. The molecule has 0 saturated heterocycles. The maximum Gasteiger partial charge on any atom is 0.295 e. The Kier molecular flexibility index (Phi) is 3.82. The van der Waals surface area contributed by atoms with Crippen LogP contribution in [0.4, 0.5) is 11.4 Å². The summed E-state index contributed by atoms with van der Waals surface area (Å²) < 4.78 is 0. The number of carbonyl (C=O) groups is 1. The molecule has 3 aromatic rings. The van der Waals surface area contributed by atoms with E-state index in [1.807, 2.05) is 72.8 Å². The summed E-state index contributed by atoms with van der Waals surface area (Å²) >= 11 is 0. The van der Waals surface area contributed by atoms with Gasteiger partial charge >= 0.3 is 0 Å². The van der Waals surface area contributed by atoms with E-state index >= 15 is 0 Å². The zero-order chi connectivity index (χ0) is 17.2. The van der Waals surface area contributed by atoms with Gasteiger partial charge in [0.05, 0.1) is 5.69 Å². The van der Waals surface area contributed by atoms with Crippen molar-refractivity contribution in [2.75, 3.05) is 4.90 Å². The van der Waals surface area contributed by atoms with Gasteiger partial charge in [-0.15, -0.1) is 0 Å². The van der Waals surface area contributed by atoms with Crippen molar-refractivity contribution in [1.29, 1.82) is 0 Å². The molecule has 1 aliphatic heterocycles. The van der Waals surface area contributed by atoms with Gasteiger partial charge in [0, 0.05) is 11.1 Å². The lowest BCUT2D eigenvalue weighted by atomic mass is 10.1.